The van der Waals surface area contributed by atoms with Crippen LogP contribution >= 0.6 is 0 Å². The van der Waals surface area contributed by atoms with Gasteiger partial charge in [-0.3, -0.25) is 4.98 Å². The first-order valence-electron chi connectivity index (χ1n) is 9.98. The van der Waals surface area contributed by atoms with Gasteiger partial charge >= 0.3 is 0 Å². The van der Waals surface area contributed by atoms with Gasteiger partial charge in [-0.2, -0.15) is 0 Å². The first-order chi connectivity index (χ1) is 13.7. The molecule has 1 aliphatic rings. The number of rotatable bonds is 7. The van der Waals surface area contributed by atoms with Crippen molar-refractivity contribution in [3.8, 4) is 0 Å². The van der Waals surface area contributed by atoms with E-state index in [0.717, 1.165) is 62.2 Å². The average Bonchev–Trinajstić information content (AvgIpc) is 2.73. The molecule has 2 N–H and O–H groups in total. The van der Waals surface area contributed by atoms with Crippen LogP contribution in [0, 0.1) is 0 Å². The third-order valence-corrected chi connectivity index (χ3v) is 4.54. The van der Waals surface area contributed by atoms with Crippen LogP contribution in [-0.4, -0.2) is 54.8 Å². The van der Waals surface area contributed by atoms with E-state index in [0.29, 0.717) is 6.54 Å². The minimum Gasteiger partial charge on any atom is -0.375 e. The molecule has 3 heterocycles. The molecular weight excluding hydrogens is 352 g/mol. The van der Waals surface area contributed by atoms with E-state index < -0.39 is 0 Å². The molecule has 0 radical (unpaired) electrons. The van der Waals surface area contributed by atoms with Gasteiger partial charge in [-0.05, 0) is 37.6 Å². The van der Waals surface area contributed by atoms with Crippen LogP contribution in [0.1, 0.15) is 25.1 Å². The fraction of sp³-hybridized carbons (Fsp3) is 0.476. The third-order valence-electron chi connectivity index (χ3n) is 4.54. The molecule has 150 valence electrons. The molecule has 7 nitrogen and oxygen atoms in total. The molecule has 0 spiro atoms. The summed E-state index contributed by atoms with van der Waals surface area (Å²) >= 11 is 0. The molecule has 0 saturated carbocycles. The monoisotopic (exact) mass is 382 g/mol. The SMILES string of the molecule is CCNC(=NCc1ccc(N2CCOC(C)C2)nc1)NCCc1ccccn1. The van der Waals surface area contributed by atoms with Gasteiger partial charge in [0, 0.05) is 50.7 Å². The molecule has 2 aromatic rings. The zero-order chi connectivity index (χ0) is 19.6. The van der Waals surface area contributed by atoms with Crippen LogP contribution in [0.25, 0.3) is 0 Å². The van der Waals surface area contributed by atoms with Crippen molar-refractivity contribution in [2.45, 2.75) is 32.9 Å². The van der Waals surface area contributed by atoms with Gasteiger partial charge in [0.25, 0.3) is 0 Å². The highest BCUT2D eigenvalue weighted by Crippen LogP contribution is 2.15. The molecule has 7 heteroatoms. The number of nitrogens with zero attached hydrogens (tertiary/aromatic N) is 4. The molecule has 1 atom stereocenters. The smallest absolute Gasteiger partial charge is 0.191 e. The number of nitrogens with one attached hydrogen (secondary N) is 2. The summed E-state index contributed by atoms with van der Waals surface area (Å²) < 4.78 is 5.60. The predicted molar refractivity (Wildman–Crippen MR) is 113 cm³/mol. The Bertz CT molecular complexity index is 734. The zero-order valence-electron chi connectivity index (χ0n) is 16.8. The fourth-order valence-corrected chi connectivity index (χ4v) is 3.09. The lowest BCUT2D eigenvalue weighted by atomic mass is 10.2. The summed E-state index contributed by atoms with van der Waals surface area (Å²) in [4.78, 5) is 15.9. The number of morpholine rings is 1. The number of hydrogen-bond donors (Lipinski definition) is 2. The lowest BCUT2D eigenvalue weighted by Gasteiger charge is -2.32. The van der Waals surface area contributed by atoms with Crippen molar-refractivity contribution in [2.75, 3.05) is 37.7 Å². The first-order valence-corrected chi connectivity index (χ1v) is 9.98. The summed E-state index contributed by atoms with van der Waals surface area (Å²) in [7, 11) is 0. The maximum atomic E-state index is 5.60. The molecule has 0 bridgehead atoms. The molecule has 1 unspecified atom stereocenters. The minimum atomic E-state index is 0.250. The Kier molecular flexibility index (Phi) is 7.61. The van der Waals surface area contributed by atoms with E-state index in [1.165, 1.54) is 0 Å². The van der Waals surface area contributed by atoms with Gasteiger partial charge < -0.3 is 20.3 Å². The standard InChI is InChI=1S/C21H30N6O/c1-3-22-21(24-11-9-19-6-4-5-10-23-19)26-15-18-7-8-20(25-14-18)27-12-13-28-17(2)16-27/h4-8,10,14,17H,3,9,11-13,15-16H2,1-2H3,(H2,22,24,26). The number of hydrogen-bond acceptors (Lipinski definition) is 5. The van der Waals surface area contributed by atoms with Crippen molar-refractivity contribution in [3.05, 3.63) is 54.0 Å². The van der Waals surface area contributed by atoms with Gasteiger partial charge in [0.15, 0.2) is 5.96 Å². The Morgan fingerprint density at radius 1 is 1.25 bits per heavy atom. The Morgan fingerprint density at radius 2 is 2.18 bits per heavy atom. The van der Waals surface area contributed by atoms with Crippen molar-refractivity contribution in [1.82, 2.24) is 20.6 Å². The van der Waals surface area contributed by atoms with Gasteiger partial charge in [0.05, 0.1) is 19.3 Å². The highest BCUT2D eigenvalue weighted by atomic mass is 16.5. The molecule has 0 aliphatic carbocycles. The molecule has 1 fully saturated rings. The van der Waals surface area contributed by atoms with Crippen LogP contribution in [-0.2, 0) is 17.7 Å². The molecule has 1 aliphatic heterocycles. The molecule has 2 aromatic heterocycles. The van der Waals surface area contributed by atoms with Crippen molar-refractivity contribution >= 4 is 11.8 Å². The topological polar surface area (TPSA) is 74.7 Å². The first kappa shape index (κ1) is 20.1. The molecular formula is C21H30N6O. The number of aromatic nitrogens is 2. The lowest BCUT2D eigenvalue weighted by molar-refractivity contribution is 0.0529. The zero-order valence-corrected chi connectivity index (χ0v) is 16.8. The third kappa shape index (κ3) is 6.20. The van der Waals surface area contributed by atoms with E-state index in [1.54, 1.807) is 0 Å². The van der Waals surface area contributed by atoms with Crippen molar-refractivity contribution in [3.63, 3.8) is 0 Å². The second-order valence-corrected chi connectivity index (χ2v) is 6.85. The van der Waals surface area contributed by atoms with Crippen LogP contribution in [0.5, 0.6) is 0 Å². The maximum absolute atomic E-state index is 5.60. The van der Waals surface area contributed by atoms with Gasteiger partial charge in [-0.1, -0.05) is 12.1 Å². The Hall–Kier alpha value is -2.67. The highest BCUT2D eigenvalue weighted by molar-refractivity contribution is 5.79. The van der Waals surface area contributed by atoms with Gasteiger partial charge in [-0.25, -0.2) is 9.98 Å². The van der Waals surface area contributed by atoms with Crippen molar-refractivity contribution < 1.29 is 4.74 Å². The average molecular weight is 383 g/mol. The van der Waals surface area contributed by atoms with Crippen LogP contribution in [0.15, 0.2) is 47.7 Å². The highest BCUT2D eigenvalue weighted by Gasteiger charge is 2.17. The van der Waals surface area contributed by atoms with Gasteiger partial charge in [-0.15, -0.1) is 0 Å². The van der Waals surface area contributed by atoms with E-state index in [-0.39, 0.29) is 6.10 Å². The van der Waals surface area contributed by atoms with Crippen LogP contribution in [0.2, 0.25) is 0 Å². The van der Waals surface area contributed by atoms with Crippen LogP contribution in [0.3, 0.4) is 0 Å². The van der Waals surface area contributed by atoms with Gasteiger partial charge in [0.1, 0.15) is 5.82 Å². The molecule has 0 amide bonds. The summed E-state index contributed by atoms with van der Waals surface area (Å²) in [6.07, 6.45) is 4.85. The number of guanidine groups is 1. The summed E-state index contributed by atoms with van der Waals surface area (Å²) in [6.45, 7) is 8.89. The largest absolute Gasteiger partial charge is 0.375 e. The van der Waals surface area contributed by atoms with Crippen molar-refractivity contribution in [1.29, 1.82) is 0 Å². The van der Waals surface area contributed by atoms with Crippen molar-refractivity contribution in [2.24, 2.45) is 4.99 Å². The second kappa shape index (κ2) is 10.6. The normalized spacial score (nSPS) is 17.4. The molecule has 3 rings (SSSR count). The van der Waals surface area contributed by atoms with Crippen LogP contribution in [0.4, 0.5) is 5.82 Å². The number of anilines is 1. The minimum absolute atomic E-state index is 0.250. The Labute approximate surface area is 167 Å². The maximum Gasteiger partial charge on any atom is 0.191 e. The predicted octanol–water partition coefficient (Wildman–Crippen LogP) is 2.00. The summed E-state index contributed by atoms with van der Waals surface area (Å²) in [5, 5.41) is 6.65. The molecule has 0 aromatic carbocycles. The van der Waals surface area contributed by atoms with Gasteiger partial charge in [0.2, 0.25) is 0 Å². The van der Waals surface area contributed by atoms with E-state index in [2.05, 4.69) is 56.5 Å². The number of ether oxygens (including phenoxy) is 1. The lowest BCUT2D eigenvalue weighted by Crippen LogP contribution is -2.41. The quantitative estimate of drug-likeness (QED) is 0.564. The van der Waals surface area contributed by atoms with E-state index in [9.17, 15) is 0 Å². The summed E-state index contributed by atoms with van der Waals surface area (Å²) in [5.74, 6) is 1.81. The number of aliphatic imine (C=N–C) groups is 1. The second-order valence-electron chi connectivity index (χ2n) is 6.85. The fourth-order valence-electron chi connectivity index (χ4n) is 3.09. The van der Waals surface area contributed by atoms with E-state index >= 15 is 0 Å². The van der Waals surface area contributed by atoms with E-state index in [1.807, 2.05) is 30.6 Å². The van der Waals surface area contributed by atoms with Crippen LogP contribution < -0.4 is 15.5 Å². The van der Waals surface area contributed by atoms with E-state index in [4.69, 9.17) is 4.74 Å². The molecule has 28 heavy (non-hydrogen) atoms. The summed E-state index contributed by atoms with van der Waals surface area (Å²) in [6, 6.07) is 10.2. The molecule has 1 saturated heterocycles. The Balaban J connectivity index is 1.52. The summed E-state index contributed by atoms with van der Waals surface area (Å²) in [5.41, 5.74) is 2.16. The number of pyridine rings is 2. The Morgan fingerprint density at radius 3 is 2.89 bits per heavy atom.